The zero-order valence-electron chi connectivity index (χ0n) is 11.3. The van der Waals surface area contributed by atoms with Gasteiger partial charge in [0.1, 0.15) is 11.6 Å². The summed E-state index contributed by atoms with van der Waals surface area (Å²) in [6, 6.07) is 9.49. The fourth-order valence-electron chi connectivity index (χ4n) is 1.70. The van der Waals surface area contributed by atoms with Crippen LogP contribution in [0.5, 0.6) is 5.75 Å². The van der Waals surface area contributed by atoms with Crippen LogP contribution in [0.4, 0.5) is 14.9 Å². The summed E-state index contributed by atoms with van der Waals surface area (Å²) in [4.78, 5) is 22.7. The number of halogens is 2. The maximum atomic E-state index is 12.9. The molecule has 0 fully saturated rings. The third-order valence-corrected chi connectivity index (χ3v) is 3.35. The largest absolute Gasteiger partial charge is 0.484 e. The van der Waals surface area contributed by atoms with Gasteiger partial charge < -0.3 is 15.8 Å². The van der Waals surface area contributed by atoms with Crippen molar-refractivity contribution in [1.29, 1.82) is 0 Å². The average molecular weight is 367 g/mol. The molecule has 0 bridgehead atoms. The maximum Gasteiger partial charge on any atom is 0.316 e. The van der Waals surface area contributed by atoms with Crippen LogP contribution in [0.1, 0.15) is 10.4 Å². The number of nitrogens with one attached hydrogen (secondary N) is 1. The van der Waals surface area contributed by atoms with E-state index in [2.05, 4.69) is 21.2 Å². The smallest absolute Gasteiger partial charge is 0.316 e. The van der Waals surface area contributed by atoms with Gasteiger partial charge in [-0.1, -0.05) is 0 Å². The van der Waals surface area contributed by atoms with Crippen LogP contribution in [-0.2, 0) is 0 Å². The topological polar surface area (TPSA) is 81.4 Å². The fraction of sp³-hybridized carbons (Fsp3) is 0.0667. The average Bonchev–Trinajstić information content (AvgIpc) is 2.46. The molecule has 22 heavy (non-hydrogen) atoms. The molecule has 2 aromatic carbocycles. The van der Waals surface area contributed by atoms with Crippen LogP contribution in [0.3, 0.4) is 0 Å². The van der Waals surface area contributed by atoms with Crippen LogP contribution in [0.15, 0.2) is 46.9 Å². The molecule has 7 heteroatoms. The number of ether oxygens (including phenoxy) is 1. The maximum absolute atomic E-state index is 12.9. The number of Topliss-reactive ketones (excluding diaryl/α,β-unsaturated/α-hetero) is 1. The zero-order chi connectivity index (χ0) is 16.1. The summed E-state index contributed by atoms with van der Waals surface area (Å²) >= 11 is 3.16. The third-order valence-electron chi connectivity index (χ3n) is 2.73. The summed E-state index contributed by atoms with van der Waals surface area (Å²) in [5, 5.41) is 2.40. The van der Waals surface area contributed by atoms with Crippen LogP contribution in [0, 0.1) is 5.82 Å². The molecule has 0 aliphatic heterocycles. The number of urea groups is 1. The van der Waals surface area contributed by atoms with Gasteiger partial charge in [0.15, 0.2) is 12.4 Å². The summed E-state index contributed by atoms with van der Waals surface area (Å²) in [6.45, 7) is -0.188. The van der Waals surface area contributed by atoms with Crippen LogP contribution in [0.25, 0.3) is 0 Å². The van der Waals surface area contributed by atoms with Crippen molar-refractivity contribution in [3.63, 3.8) is 0 Å². The van der Waals surface area contributed by atoms with Gasteiger partial charge in [0.05, 0.1) is 4.47 Å². The molecule has 5 nitrogen and oxygen atoms in total. The molecule has 114 valence electrons. The second-order valence-corrected chi connectivity index (χ2v) is 5.21. The van der Waals surface area contributed by atoms with Crippen LogP contribution >= 0.6 is 15.9 Å². The number of nitrogens with two attached hydrogens (primary N) is 1. The first-order valence-electron chi connectivity index (χ1n) is 6.23. The second-order valence-electron chi connectivity index (χ2n) is 4.35. The van der Waals surface area contributed by atoms with Crippen molar-refractivity contribution >= 4 is 33.4 Å². The van der Waals surface area contributed by atoms with Crippen LogP contribution in [-0.4, -0.2) is 18.4 Å². The number of hydrogen-bond donors (Lipinski definition) is 2. The van der Waals surface area contributed by atoms with Crippen molar-refractivity contribution in [2.75, 3.05) is 11.9 Å². The van der Waals surface area contributed by atoms with Crippen molar-refractivity contribution in [2.45, 2.75) is 0 Å². The Balaban J connectivity index is 1.98. The highest BCUT2D eigenvalue weighted by Gasteiger charge is 2.09. The normalized spacial score (nSPS) is 10.1. The van der Waals surface area contributed by atoms with E-state index in [0.29, 0.717) is 21.5 Å². The van der Waals surface area contributed by atoms with Crippen molar-refractivity contribution in [3.8, 4) is 5.75 Å². The Morgan fingerprint density at radius 2 is 1.86 bits per heavy atom. The van der Waals surface area contributed by atoms with Gasteiger partial charge in [-0.15, -0.1) is 0 Å². The van der Waals surface area contributed by atoms with E-state index >= 15 is 0 Å². The Kier molecular flexibility index (Phi) is 5.11. The zero-order valence-corrected chi connectivity index (χ0v) is 12.9. The quantitative estimate of drug-likeness (QED) is 0.796. The fourth-order valence-corrected chi connectivity index (χ4v) is 2.17. The van der Waals surface area contributed by atoms with E-state index in [4.69, 9.17) is 10.5 Å². The Bertz CT molecular complexity index is 704. The van der Waals surface area contributed by atoms with E-state index in [0.717, 1.165) is 0 Å². The van der Waals surface area contributed by atoms with Gasteiger partial charge in [0.2, 0.25) is 0 Å². The van der Waals surface area contributed by atoms with E-state index in [9.17, 15) is 14.0 Å². The molecule has 2 rings (SSSR count). The number of anilines is 1. The van der Waals surface area contributed by atoms with Crippen LogP contribution < -0.4 is 15.8 Å². The number of hydrogen-bond acceptors (Lipinski definition) is 3. The molecule has 0 aliphatic rings. The molecule has 0 spiro atoms. The predicted octanol–water partition coefficient (Wildman–Crippen LogP) is 3.34. The lowest BCUT2D eigenvalue weighted by Crippen LogP contribution is -2.19. The summed E-state index contributed by atoms with van der Waals surface area (Å²) in [5.41, 5.74) is 5.91. The lowest BCUT2D eigenvalue weighted by atomic mass is 10.1. The second kappa shape index (κ2) is 7.04. The number of amides is 2. The minimum Gasteiger partial charge on any atom is -0.484 e. The highest BCUT2D eigenvalue weighted by Crippen LogP contribution is 2.25. The highest BCUT2D eigenvalue weighted by molar-refractivity contribution is 9.10. The van der Waals surface area contributed by atoms with Gasteiger partial charge in [-0.25, -0.2) is 9.18 Å². The van der Waals surface area contributed by atoms with Gasteiger partial charge in [-0.2, -0.15) is 0 Å². The molecule has 0 saturated heterocycles. The number of carbonyl (C=O) groups excluding carboxylic acids is 2. The van der Waals surface area contributed by atoms with E-state index < -0.39 is 11.8 Å². The van der Waals surface area contributed by atoms with Crippen molar-refractivity contribution in [3.05, 3.63) is 58.3 Å². The first-order chi connectivity index (χ1) is 10.5. The lowest BCUT2D eigenvalue weighted by Gasteiger charge is -2.08. The standard InChI is InChI=1S/C15H12BrFN2O3/c16-12-7-10(17)3-6-14(12)22-8-13(20)9-1-4-11(5-2-9)19-15(18)21/h1-7H,8H2,(H3,18,19,21). The van der Waals surface area contributed by atoms with E-state index in [1.54, 1.807) is 24.3 Å². The van der Waals surface area contributed by atoms with Gasteiger partial charge in [-0.05, 0) is 58.4 Å². The van der Waals surface area contributed by atoms with Gasteiger partial charge in [-0.3, -0.25) is 4.79 Å². The monoisotopic (exact) mass is 366 g/mol. The minimum atomic E-state index is -0.677. The molecule has 0 saturated carbocycles. The SMILES string of the molecule is NC(=O)Nc1ccc(C(=O)COc2ccc(F)cc2Br)cc1. The summed E-state index contributed by atoms with van der Waals surface area (Å²) in [5.74, 6) is -0.272. The highest BCUT2D eigenvalue weighted by atomic mass is 79.9. The number of primary amides is 1. The molecular formula is C15H12BrFN2O3. The molecule has 0 radical (unpaired) electrons. The number of carbonyl (C=O) groups is 2. The predicted molar refractivity (Wildman–Crippen MR) is 83.6 cm³/mol. The molecule has 0 unspecified atom stereocenters. The Labute approximate surface area is 134 Å². The summed E-state index contributed by atoms with van der Waals surface area (Å²) in [7, 11) is 0. The molecule has 0 heterocycles. The number of ketones is 1. The first kappa shape index (κ1) is 16.0. The van der Waals surface area contributed by atoms with Crippen molar-refractivity contribution in [1.82, 2.24) is 0 Å². The van der Waals surface area contributed by atoms with Crippen molar-refractivity contribution < 1.29 is 18.7 Å². The number of rotatable bonds is 5. The third kappa shape index (κ3) is 4.29. The Morgan fingerprint density at radius 3 is 2.45 bits per heavy atom. The molecule has 2 amide bonds. The summed E-state index contributed by atoms with van der Waals surface area (Å²) < 4.78 is 18.7. The minimum absolute atomic E-state index is 0.188. The molecule has 3 N–H and O–H groups in total. The summed E-state index contributed by atoms with van der Waals surface area (Å²) in [6.07, 6.45) is 0. The lowest BCUT2D eigenvalue weighted by molar-refractivity contribution is 0.0921. The molecule has 0 atom stereocenters. The van der Waals surface area contributed by atoms with E-state index in [-0.39, 0.29) is 12.4 Å². The Morgan fingerprint density at radius 1 is 1.18 bits per heavy atom. The molecule has 0 aliphatic carbocycles. The van der Waals surface area contributed by atoms with Gasteiger partial charge in [0, 0.05) is 11.3 Å². The first-order valence-corrected chi connectivity index (χ1v) is 7.02. The van der Waals surface area contributed by atoms with E-state index in [1.807, 2.05) is 0 Å². The van der Waals surface area contributed by atoms with Gasteiger partial charge in [0.25, 0.3) is 0 Å². The molecule has 2 aromatic rings. The van der Waals surface area contributed by atoms with E-state index in [1.165, 1.54) is 18.2 Å². The number of benzene rings is 2. The van der Waals surface area contributed by atoms with Crippen molar-refractivity contribution in [2.24, 2.45) is 5.73 Å². The molecular weight excluding hydrogens is 355 g/mol. The molecule has 0 aromatic heterocycles. The Hall–Kier alpha value is -2.41. The van der Waals surface area contributed by atoms with Gasteiger partial charge >= 0.3 is 6.03 Å². The van der Waals surface area contributed by atoms with Crippen LogP contribution in [0.2, 0.25) is 0 Å².